The molecule has 1 unspecified atom stereocenters. The van der Waals surface area contributed by atoms with Gasteiger partial charge >= 0.3 is 5.97 Å². The van der Waals surface area contributed by atoms with E-state index in [0.29, 0.717) is 5.88 Å². The first-order chi connectivity index (χ1) is 10.2. The highest BCUT2D eigenvalue weighted by Crippen LogP contribution is 2.23. The van der Waals surface area contributed by atoms with Crippen LogP contribution in [0.3, 0.4) is 0 Å². The second-order valence-corrected chi connectivity index (χ2v) is 5.40. The number of benzene rings is 1. The number of carbonyl (C=O) groups excluding carboxylic acids is 1. The molecule has 0 amide bonds. The number of hydrogen-bond acceptors (Lipinski definition) is 4. The van der Waals surface area contributed by atoms with Crippen molar-refractivity contribution in [3.63, 3.8) is 0 Å². The maximum atomic E-state index is 11.4. The molecule has 2 heterocycles. The van der Waals surface area contributed by atoms with Gasteiger partial charge < -0.3 is 14.0 Å². The average molecular weight is 309 g/mol. The van der Waals surface area contributed by atoms with Crippen molar-refractivity contribution in [3.05, 3.63) is 29.6 Å². The molecule has 1 aromatic carbocycles. The molecule has 1 saturated heterocycles. The standard InChI is InChI=1S/C15H17ClN2O3/c1-20-15(19)7-10-2-3-12-13(6-10)18(14(8-16)17-12)9-11-4-5-21-11/h2-3,6,11H,4-5,7-9H2,1H3. The number of nitrogens with zero attached hydrogens (tertiary/aromatic N) is 2. The summed E-state index contributed by atoms with van der Waals surface area (Å²) in [4.78, 5) is 16.0. The van der Waals surface area contributed by atoms with E-state index in [0.717, 1.165) is 42.0 Å². The zero-order valence-electron chi connectivity index (χ0n) is 11.8. The molecule has 1 aromatic heterocycles. The molecule has 1 aliphatic heterocycles. The van der Waals surface area contributed by atoms with Gasteiger partial charge in [-0.25, -0.2) is 4.98 Å². The molecule has 112 valence electrons. The van der Waals surface area contributed by atoms with Crippen LogP contribution in [0.15, 0.2) is 18.2 Å². The van der Waals surface area contributed by atoms with Gasteiger partial charge in [-0.1, -0.05) is 6.07 Å². The summed E-state index contributed by atoms with van der Waals surface area (Å²) in [5.41, 5.74) is 2.78. The molecular formula is C15H17ClN2O3. The number of halogens is 1. The third-order valence-corrected chi connectivity index (χ3v) is 4.01. The first kappa shape index (κ1) is 14.4. The maximum absolute atomic E-state index is 11.4. The highest BCUT2D eigenvalue weighted by molar-refractivity contribution is 6.16. The lowest BCUT2D eigenvalue weighted by molar-refractivity contribution is -0.139. The predicted molar refractivity (Wildman–Crippen MR) is 79.4 cm³/mol. The van der Waals surface area contributed by atoms with E-state index in [-0.39, 0.29) is 18.5 Å². The Morgan fingerprint density at radius 3 is 3.00 bits per heavy atom. The summed E-state index contributed by atoms with van der Waals surface area (Å²) >= 11 is 6.00. The second-order valence-electron chi connectivity index (χ2n) is 5.13. The van der Waals surface area contributed by atoms with Crippen LogP contribution in [0.25, 0.3) is 11.0 Å². The highest BCUT2D eigenvalue weighted by atomic mass is 35.5. The number of carbonyl (C=O) groups is 1. The van der Waals surface area contributed by atoms with Crippen molar-refractivity contribution >= 4 is 28.6 Å². The topological polar surface area (TPSA) is 53.3 Å². The number of methoxy groups -OCH3 is 1. The van der Waals surface area contributed by atoms with Crippen LogP contribution >= 0.6 is 11.6 Å². The van der Waals surface area contributed by atoms with E-state index in [1.54, 1.807) is 0 Å². The first-order valence-electron chi connectivity index (χ1n) is 6.93. The number of esters is 1. The summed E-state index contributed by atoms with van der Waals surface area (Å²) in [6, 6.07) is 5.80. The molecule has 0 aliphatic carbocycles. The number of fused-ring (bicyclic) bond motifs is 1. The lowest BCUT2D eigenvalue weighted by Gasteiger charge is -2.27. The fourth-order valence-corrected chi connectivity index (χ4v) is 2.71. The number of aromatic nitrogens is 2. The van der Waals surface area contributed by atoms with E-state index in [1.807, 2.05) is 18.2 Å². The lowest BCUT2D eigenvalue weighted by Crippen LogP contribution is -2.31. The highest BCUT2D eigenvalue weighted by Gasteiger charge is 2.21. The third kappa shape index (κ3) is 2.89. The maximum Gasteiger partial charge on any atom is 0.309 e. The molecule has 1 aliphatic rings. The molecule has 0 saturated carbocycles. The number of hydrogen-bond donors (Lipinski definition) is 0. The van der Waals surface area contributed by atoms with Crippen LogP contribution in [0.5, 0.6) is 0 Å². The molecule has 0 N–H and O–H groups in total. The Morgan fingerprint density at radius 2 is 2.38 bits per heavy atom. The Bertz CT molecular complexity index is 664. The van der Waals surface area contributed by atoms with Crippen LogP contribution in [-0.4, -0.2) is 35.3 Å². The zero-order valence-corrected chi connectivity index (χ0v) is 12.6. The van der Waals surface area contributed by atoms with Gasteiger partial charge in [0.15, 0.2) is 0 Å². The van der Waals surface area contributed by atoms with Crippen molar-refractivity contribution < 1.29 is 14.3 Å². The average Bonchev–Trinajstić information content (AvgIpc) is 2.79. The minimum Gasteiger partial charge on any atom is -0.469 e. The summed E-state index contributed by atoms with van der Waals surface area (Å²) in [5.74, 6) is 0.936. The van der Waals surface area contributed by atoms with Crippen LogP contribution in [0.2, 0.25) is 0 Å². The quantitative estimate of drug-likeness (QED) is 0.628. The Hall–Kier alpha value is -1.59. The van der Waals surface area contributed by atoms with Gasteiger partial charge in [0.25, 0.3) is 0 Å². The lowest BCUT2D eigenvalue weighted by atomic mass is 10.1. The minimum atomic E-state index is -0.250. The van der Waals surface area contributed by atoms with Gasteiger partial charge in [0, 0.05) is 6.61 Å². The van der Waals surface area contributed by atoms with Gasteiger partial charge in [0.05, 0.1) is 43.1 Å². The Morgan fingerprint density at radius 1 is 1.57 bits per heavy atom. The van der Waals surface area contributed by atoms with E-state index >= 15 is 0 Å². The molecular weight excluding hydrogens is 292 g/mol. The van der Waals surface area contributed by atoms with Crippen molar-refractivity contribution in [1.29, 1.82) is 0 Å². The van der Waals surface area contributed by atoms with Crippen LogP contribution in [0, 0.1) is 0 Å². The van der Waals surface area contributed by atoms with Crippen LogP contribution in [-0.2, 0) is 33.1 Å². The van der Waals surface area contributed by atoms with Gasteiger partial charge in [-0.3, -0.25) is 4.79 Å². The fraction of sp³-hybridized carbons (Fsp3) is 0.467. The van der Waals surface area contributed by atoms with Crippen molar-refractivity contribution in [2.45, 2.75) is 31.4 Å². The summed E-state index contributed by atoms with van der Waals surface area (Å²) in [7, 11) is 1.39. The molecule has 21 heavy (non-hydrogen) atoms. The van der Waals surface area contributed by atoms with E-state index in [2.05, 4.69) is 9.55 Å². The normalized spacial score (nSPS) is 17.7. The number of imidazole rings is 1. The summed E-state index contributed by atoms with van der Waals surface area (Å²) in [6.45, 7) is 1.57. The fourth-order valence-electron chi connectivity index (χ4n) is 2.50. The first-order valence-corrected chi connectivity index (χ1v) is 7.47. The Labute approximate surface area is 127 Å². The van der Waals surface area contributed by atoms with Crippen LogP contribution in [0.4, 0.5) is 0 Å². The van der Waals surface area contributed by atoms with E-state index in [1.165, 1.54) is 7.11 Å². The molecule has 2 aromatic rings. The third-order valence-electron chi connectivity index (χ3n) is 3.77. The SMILES string of the molecule is COC(=O)Cc1ccc2nc(CCl)n(CC3CCO3)c2c1. The smallest absolute Gasteiger partial charge is 0.309 e. The number of rotatable bonds is 5. The monoisotopic (exact) mass is 308 g/mol. The number of alkyl halides is 1. The van der Waals surface area contributed by atoms with E-state index in [9.17, 15) is 4.79 Å². The molecule has 1 fully saturated rings. The van der Waals surface area contributed by atoms with Crippen molar-refractivity contribution in [1.82, 2.24) is 9.55 Å². The van der Waals surface area contributed by atoms with Crippen molar-refractivity contribution in [2.24, 2.45) is 0 Å². The van der Waals surface area contributed by atoms with Gasteiger partial charge in [-0.2, -0.15) is 0 Å². The van der Waals surface area contributed by atoms with Crippen molar-refractivity contribution in [3.8, 4) is 0 Å². The van der Waals surface area contributed by atoms with Crippen LogP contribution in [0.1, 0.15) is 17.8 Å². The van der Waals surface area contributed by atoms with E-state index < -0.39 is 0 Å². The predicted octanol–water partition coefficient (Wildman–Crippen LogP) is 2.28. The Kier molecular flexibility index (Phi) is 4.12. The molecule has 0 radical (unpaired) electrons. The summed E-state index contributed by atoms with van der Waals surface area (Å²) in [5, 5.41) is 0. The molecule has 5 nitrogen and oxygen atoms in total. The molecule has 6 heteroatoms. The number of ether oxygens (including phenoxy) is 2. The minimum absolute atomic E-state index is 0.230. The van der Waals surface area contributed by atoms with E-state index in [4.69, 9.17) is 21.1 Å². The molecule has 0 spiro atoms. The van der Waals surface area contributed by atoms with Gasteiger partial charge in [0.1, 0.15) is 5.82 Å². The largest absolute Gasteiger partial charge is 0.469 e. The van der Waals surface area contributed by atoms with Gasteiger partial charge in [0.2, 0.25) is 0 Å². The van der Waals surface area contributed by atoms with Crippen molar-refractivity contribution in [2.75, 3.05) is 13.7 Å². The molecule has 3 rings (SSSR count). The summed E-state index contributed by atoms with van der Waals surface area (Å²) < 4.78 is 12.3. The Balaban J connectivity index is 1.96. The zero-order chi connectivity index (χ0) is 14.8. The summed E-state index contributed by atoms with van der Waals surface area (Å²) in [6.07, 6.45) is 1.55. The van der Waals surface area contributed by atoms with Gasteiger partial charge in [-0.05, 0) is 24.1 Å². The second kappa shape index (κ2) is 6.03. The van der Waals surface area contributed by atoms with Gasteiger partial charge in [-0.15, -0.1) is 11.6 Å². The molecule has 1 atom stereocenters. The molecule has 0 bridgehead atoms. The van der Waals surface area contributed by atoms with Crippen LogP contribution < -0.4 is 0 Å².